The summed E-state index contributed by atoms with van der Waals surface area (Å²) in [5, 5.41) is 0. The number of halogens is 2. The largest absolute Gasteiger partial charge is 0.337 e. The predicted molar refractivity (Wildman–Crippen MR) is 83.2 cm³/mol. The van der Waals surface area contributed by atoms with Gasteiger partial charge >= 0.3 is 0 Å². The first-order valence-corrected chi connectivity index (χ1v) is 8.04. The lowest BCUT2D eigenvalue weighted by atomic mass is 10.2. The van der Waals surface area contributed by atoms with Gasteiger partial charge in [-0.25, -0.2) is 4.39 Å². The first-order chi connectivity index (χ1) is 10.7. The number of rotatable bonds is 6. The van der Waals surface area contributed by atoms with Crippen LogP contribution in [0, 0.1) is 5.82 Å². The minimum Gasteiger partial charge on any atom is -0.337 e. The van der Waals surface area contributed by atoms with Gasteiger partial charge in [-0.15, -0.1) is 0 Å². The number of alkyl halides is 1. The van der Waals surface area contributed by atoms with Crippen LogP contribution in [0.15, 0.2) is 24.3 Å². The normalized spacial score (nSPS) is 16.5. The van der Waals surface area contributed by atoms with Crippen LogP contribution in [0.4, 0.5) is 8.78 Å². The van der Waals surface area contributed by atoms with Crippen molar-refractivity contribution in [3.63, 3.8) is 0 Å². The fourth-order valence-corrected chi connectivity index (χ4v) is 2.78. The third kappa shape index (κ3) is 5.05. The van der Waals surface area contributed by atoms with E-state index in [1.165, 1.54) is 24.3 Å². The molecule has 0 N–H and O–H groups in total. The second kappa shape index (κ2) is 8.83. The highest BCUT2D eigenvalue weighted by Gasteiger charge is 2.20. The summed E-state index contributed by atoms with van der Waals surface area (Å²) in [5.41, 5.74) is 0.540. The minimum atomic E-state index is -0.327. The van der Waals surface area contributed by atoms with Gasteiger partial charge in [0, 0.05) is 25.2 Å². The third-order valence-electron chi connectivity index (χ3n) is 4.07. The van der Waals surface area contributed by atoms with Gasteiger partial charge < -0.3 is 9.80 Å². The predicted octanol–water partition coefficient (Wildman–Crippen LogP) is 3.11. The summed E-state index contributed by atoms with van der Waals surface area (Å²) in [6, 6.07) is 5.72. The Bertz CT molecular complexity index is 464. The Kier molecular flexibility index (Phi) is 6.77. The number of unbranched alkanes of at least 4 members (excludes halogenated alkanes) is 2. The number of amides is 1. The molecule has 0 saturated carbocycles. The van der Waals surface area contributed by atoms with Crippen molar-refractivity contribution in [2.24, 2.45) is 0 Å². The standard InChI is InChI=1S/C17H24F2N2O/c18-9-2-1-3-10-20-11-4-12-21(14-13-20)17(22)15-5-7-16(19)8-6-15/h5-8H,1-4,9-14H2. The molecule has 0 aromatic heterocycles. The minimum absolute atomic E-state index is 0.0284. The lowest BCUT2D eigenvalue weighted by molar-refractivity contribution is 0.0761. The van der Waals surface area contributed by atoms with E-state index < -0.39 is 0 Å². The molecule has 0 aliphatic carbocycles. The van der Waals surface area contributed by atoms with Crippen LogP contribution in [0.2, 0.25) is 0 Å². The molecule has 1 heterocycles. The molecular formula is C17H24F2N2O. The van der Waals surface area contributed by atoms with E-state index in [1.54, 1.807) is 0 Å². The first-order valence-electron chi connectivity index (χ1n) is 8.04. The van der Waals surface area contributed by atoms with Crippen LogP contribution >= 0.6 is 0 Å². The van der Waals surface area contributed by atoms with Gasteiger partial charge in [0.25, 0.3) is 5.91 Å². The molecule has 0 radical (unpaired) electrons. The maximum atomic E-state index is 12.9. The molecule has 5 heteroatoms. The summed E-state index contributed by atoms with van der Waals surface area (Å²) >= 11 is 0. The van der Waals surface area contributed by atoms with E-state index in [0.29, 0.717) is 18.5 Å². The van der Waals surface area contributed by atoms with Crippen molar-refractivity contribution < 1.29 is 13.6 Å². The van der Waals surface area contributed by atoms with E-state index >= 15 is 0 Å². The zero-order chi connectivity index (χ0) is 15.8. The fraction of sp³-hybridized carbons (Fsp3) is 0.588. The van der Waals surface area contributed by atoms with E-state index in [-0.39, 0.29) is 18.4 Å². The Morgan fingerprint density at radius 1 is 1.00 bits per heavy atom. The molecule has 1 aromatic rings. The third-order valence-corrected chi connectivity index (χ3v) is 4.07. The van der Waals surface area contributed by atoms with Crippen LogP contribution < -0.4 is 0 Å². The van der Waals surface area contributed by atoms with Gasteiger partial charge in [-0.05, 0) is 63.0 Å². The monoisotopic (exact) mass is 310 g/mol. The van der Waals surface area contributed by atoms with Gasteiger partial charge in [0.15, 0.2) is 0 Å². The first kappa shape index (κ1) is 16.9. The zero-order valence-corrected chi connectivity index (χ0v) is 12.9. The van der Waals surface area contributed by atoms with Crippen molar-refractivity contribution in [3.05, 3.63) is 35.6 Å². The van der Waals surface area contributed by atoms with E-state index in [4.69, 9.17) is 0 Å². The molecule has 2 rings (SSSR count). The highest BCUT2D eigenvalue weighted by atomic mass is 19.1. The van der Waals surface area contributed by atoms with Crippen LogP contribution in [0.25, 0.3) is 0 Å². The number of hydrogen-bond acceptors (Lipinski definition) is 2. The SMILES string of the molecule is O=C(c1ccc(F)cc1)N1CCCN(CCCCCF)CC1. The number of carbonyl (C=O) groups excluding carboxylic acids is 1. The summed E-state index contributed by atoms with van der Waals surface area (Å²) in [6.45, 7) is 3.99. The summed E-state index contributed by atoms with van der Waals surface area (Å²) in [4.78, 5) is 16.6. The maximum Gasteiger partial charge on any atom is 0.253 e. The molecule has 0 unspecified atom stereocenters. The van der Waals surface area contributed by atoms with Gasteiger partial charge in [-0.3, -0.25) is 9.18 Å². The second-order valence-electron chi connectivity index (χ2n) is 5.74. The van der Waals surface area contributed by atoms with Crippen molar-refractivity contribution in [1.29, 1.82) is 0 Å². The van der Waals surface area contributed by atoms with E-state index in [1.807, 2.05) is 4.90 Å². The van der Waals surface area contributed by atoms with Gasteiger partial charge in [0.1, 0.15) is 5.82 Å². The van der Waals surface area contributed by atoms with Crippen LogP contribution in [-0.2, 0) is 0 Å². The van der Waals surface area contributed by atoms with Crippen LogP contribution in [-0.4, -0.2) is 55.1 Å². The zero-order valence-electron chi connectivity index (χ0n) is 12.9. The van der Waals surface area contributed by atoms with Crippen LogP contribution in [0.1, 0.15) is 36.0 Å². The summed E-state index contributed by atoms with van der Waals surface area (Å²) in [5.74, 6) is -0.355. The lowest BCUT2D eigenvalue weighted by Crippen LogP contribution is -2.35. The molecule has 0 bridgehead atoms. The summed E-state index contributed by atoms with van der Waals surface area (Å²) in [6.07, 6.45) is 3.51. The van der Waals surface area contributed by atoms with Crippen molar-refractivity contribution >= 4 is 5.91 Å². The number of carbonyl (C=O) groups is 1. The molecule has 1 aliphatic rings. The number of hydrogen-bond donors (Lipinski definition) is 0. The quantitative estimate of drug-likeness (QED) is 0.754. The van der Waals surface area contributed by atoms with Crippen molar-refractivity contribution in [3.8, 4) is 0 Å². The maximum absolute atomic E-state index is 12.9. The highest BCUT2D eigenvalue weighted by molar-refractivity contribution is 5.94. The van der Waals surface area contributed by atoms with Crippen molar-refractivity contribution in [2.45, 2.75) is 25.7 Å². The Morgan fingerprint density at radius 3 is 2.50 bits per heavy atom. The van der Waals surface area contributed by atoms with Crippen molar-refractivity contribution in [2.75, 3.05) is 39.4 Å². The lowest BCUT2D eigenvalue weighted by Gasteiger charge is -2.22. The van der Waals surface area contributed by atoms with Gasteiger partial charge in [0.2, 0.25) is 0 Å². The Morgan fingerprint density at radius 2 is 1.77 bits per heavy atom. The summed E-state index contributed by atoms with van der Waals surface area (Å²) in [7, 11) is 0. The molecule has 122 valence electrons. The van der Waals surface area contributed by atoms with Gasteiger partial charge in [-0.2, -0.15) is 0 Å². The van der Waals surface area contributed by atoms with Crippen LogP contribution in [0.3, 0.4) is 0 Å². The highest BCUT2D eigenvalue weighted by Crippen LogP contribution is 2.11. The smallest absolute Gasteiger partial charge is 0.253 e. The van der Waals surface area contributed by atoms with E-state index in [2.05, 4.69) is 4.90 Å². The Labute approximate surface area is 130 Å². The molecule has 1 fully saturated rings. The number of nitrogens with zero attached hydrogens (tertiary/aromatic N) is 2. The molecule has 22 heavy (non-hydrogen) atoms. The Hall–Kier alpha value is -1.49. The topological polar surface area (TPSA) is 23.6 Å². The van der Waals surface area contributed by atoms with Crippen LogP contribution in [0.5, 0.6) is 0 Å². The average molecular weight is 310 g/mol. The summed E-state index contributed by atoms with van der Waals surface area (Å²) < 4.78 is 25.0. The second-order valence-corrected chi connectivity index (χ2v) is 5.74. The molecule has 3 nitrogen and oxygen atoms in total. The molecule has 0 spiro atoms. The van der Waals surface area contributed by atoms with Crippen molar-refractivity contribution in [1.82, 2.24) is 9.80 Å². The molecule has 0 atom stereocenters. The van der Waals surface area contributed by atoms with E-state index in [0.717, 1.165) is 45.4 Å². The van der Waals surface area contributed by atoms with Gasteiger partial charge in [-0.1, -0.05) is 0 Å². The van der Waals surface area contributed by atoms with E-state index in [9.17, 15) is 13.6 Å². The number of benzene rings is 1. The van der Waals surface area contributed by atoms with Gasteiger partial charge in [0.05, 0.1) is 6.67 Å². The average Bonchev–Trinajstić information content (AvgIpc) is 2.77. The fourth-order valence-electron chi connectivity index (χ4n) is 2.78. The molecule has 1 amide bonds. The molecule has 1 aromatic carbocycles. The molecule has 1 saturated heterocycles. The molecular weight excluding hydrogens is 286 g/mol. The Balaban J connectivity index is 1.82. The molecule has 1 aliphatic heterocycles.